The molecule has 0 saturated carbocycles. The smallest absolute Gasteiger partial charge is 0.159 e. The minimum atomic E-state index is 0.916. The summed E-state index contributed by atoms with van der Waals surface area (Å²) in [5, 5.41) is 4.72. The standard InChI is InChI=1S/C18H10BrNO/c19-10-5-8-16-14(9-10)13-7-6-12-11-3-1-2-4-15(11)20-17(12)18(13)21-16/h1-9,20H. The van der Waals surface area contributed by atoms with Crippen LogP contribution in [0.5, 0.6) is 0 Å². The van der Waals surface area contributed by atoms with Crippen LogP contribution in [0.4, 0.5) is 0 Å². The fourth-order valence-electron chi connectivity index (χ4n) is 3.12. The van der Waals surface area contributed by atoms with Crippen LogP contribution in [0, 0.1) is 0 Å². The van der Waals surface area contributed by atoms with Crippen molar-refractivity contribution in [3.05, 3.63) is 59.1 Å². The van der Waals surface area contributed by atoms with Gasteiger partial charge in [0.25, 0.3) is 0 Å². The van der Waals surface area contributed by atoms with Crippen LogP contribution >= 0.6 is 15.9 Å². The van der Waals surface area contributed by atoms with Gasteiger partial charge in [-0.15, -0.1) is 0 Å². The Morgan fingerprint density at radius 1 is 0.810 bits per heavy atom. The topological polar surface area (TPSA) is 28.9 Å². The zero-order valence-electron chi connectivity index (χ0n) is 11.0. The lowest BCUT2D eigenvalue weighted by molar-refractivity contribution is 0.672. The Bertz CT molecular complexity index is 1150. The van der Waals surface area contributed by atoms with E-state index in [1.807, 2.05) is 18.2 Å². The number of benzene rings is 3. The van der Waals surface area contributed by atoms with Crippen LogP contribution < -0.4 is 0 Å². The van der Waals surface area contributed by atoms with E-state index in [1.54, 1.807) is 0 Å². The molecule has 2 heterocycles. The molecule has 0 unspecified atom stereocenters. The summed E-state index contributed by atoms with van der Waals surface area (Å²) in [5.41, 5.74) is 4.05. The highest BCUT2D eigenvalue weighted by Gasteiger charge is 2.13. The van der Waals surface area contributed by atoms with E-state index >= 15 is 0 Å². The number of fused-ring (bicyclic) bond motifs is 7. The predicted molar refractivity (Wildman–Crippen MR) is 90.8 cm³/mol. The van der Waals surface area contributed by atoms with Gasteiger partial charge in [-0.25, -0.2) is 0 Å². The summed E-state index contributed by atoms with van der Waals surface area (Å²) in [7, 11) is 0. The number of aromatic amines is 1. The van der Waals surface area contributed by atoms with Gasteiger partial charge in [0.1, 0.15) is 5.58 Å². The largest absolute Gasteiger partial charge is 0.454 e. The Balaban J connectivity index is 2.06. The summed E-state index contributed by atoms with van der Waals surface area (Å²) < 4.78 is 7.16. The molecule has 3 aromatic carbocycles. The molecule has 0 fully saturated rings. The Morgan fingerprint density at radius 3 is 2.62 bits per heavy atom. The van der Waals surface area contributed by atoms with Crippen molar-refractivity contribution in [2.75, 3.05) is 0 Å². The van der Waals surface area contributed by atoms with Crippen molar-refractivity contribution in [2.45, 2.75) is 0 Å². The Morgan fingerprint density at radius 2 is 1.67 bits per heavy atom. The van der Waals surface area contributed by atoms with Crippen molar-refractivity contribution in [1.29, 1.82) is 0 Å². The second-order valence-corrected chi connectivity index (χ2v) is 6.19. The van der Waals surface area contributed by atoms with Gasteiger partial charge in [0.15, 0.2) is 5.58 Å². The normalized spacial score (nSPS) is 12.0. The maximum absolute atomic E-state index is 6.10. The molecular weight excluding hydrogens is 326 g/mol. The fourth-order valence-corrected chi connectivity index (χ4v) is 3.48. The van der Waals surface area contributed by atoms with Crippen LogP contribution in [0.25, 0.3) is 43.7 Å². The number of furan rings is 1. The Kier molecular flexibility index (Phi) is 2.11. The van der Waals surface area contributed by atoms with E-state index < -0.39 is 0 Å². The molecular formula is C18H10BrNO. The highest BCUT2D eigenvalue weighted by molar-refractivity contribution is 9.10. The first-order chi connectivity index (χ1) is 10.3. The van der Waals surface area contributed by atoms with Crippen LogP contribution in [0.2, 0.25) is 0 Å². The first-order valence-electron chi connectivity index (χ1n) is 6.82. The molecule has 5 rings (SSSR count). The van der Waals surface area contributed by atoms with E-state index in [4.69, 9.17) is 4.42 Å². The van der Waals surface area contributed by atoms with E-state index in [-0.39, 0.29) is 0 Å². The number of hydrogen-bond acceptors (Lipinski definition) is 1. The van der Waals surface area contributed by atoms with Gasteiger partial charge in [-0.1, -0.05) is 40.2 Å². The van der Waals surface area contributed by atoms with Crippen molar-refractivity contribution in [1.82, 2.24) is 4.98 Å². The second-order valence-electron chi connectivity index (χ2n) is 5.28. The lowest BCUT2D eigenvalue weighted by atomic mass is 10.1. The van der Waals surface area contributed by atoms with Gasteiger partial charge < -0.3 is 9.40 Å². The zero-order chi connectivity index (χ0) is 14.0. The first-order valence-corrected chi connectivity index (χ1v) is 7.62. The summed E-state index contributed by atoms with van der Waals surface area (Å²) in [4.78, 5) is 3.49. The van der Waals surface area contributed by atoms with Crippen molar-refractivity contribution < 1.29 is 4.42 Å². The molecule has 0 atom stereocenters. The number of para-hydroxylation sites is 1. The molecule has 21 heavy (non-hydrogen) atoms. The third-order valence-electron chi connectivity index (χ3n) is 4.08. The monoisotopic (exact) mass is 335 g/mol. The molecule has 0 saturated heterocycles. The molecule has 0 bridgehead atoms. The van der Waals surface area contributed by atoms with Crippen LogP contribution in [0.3, 0.4) is 0 Å². The number of rotatable bonds is 0. The predicted octanol–water partition coefficient (Wildman–Crippen LogP) is 5.98. The molecule has 0 aliphatic carbocycles. The maximum atomic E-state index is 6.10. The molecule has 0 spiro atoms. The summed E-state index contributed by atoms with van der Waals surface area (Å²) in [6, 6.07) is 18.8. The van der Waals surface area contributed by atoms with Gasteiger partial charge in [-0.2, -0.15) is 0 Å². The molecule has 2 aromatic heterocycles. The number of H-pyrrole nitrogens is 1. The lowest BCUT2D eigenvalue weighted by Gasteiger charge is -1.93. The molecule has 0 aliphatic heterocycles. The molecule has 100 valence electrons. The maximum Gasteiger partial charge on any atom is 0.159 e. The minimum Gasteiger partial charge on any atom is -0.454 e. The van der Waals surface area contributed by atoms with Crippen LogP contribution in [0.1, 0.15) is 0 Å². The summed E-state index contributed by atoms with van der Waals surface area (Å²) >= 11 is 3.53. The molecule has 0 radical (unpaired) electrons. The van der Waals surface area contributed by atoms with E-state index in [2.05, 4.69) is 57.3 Å². The van der Waals surface area contributed by atoms with E-state index in [1.165, 1.54) is 10.8 Å². The fraction of sp³-hybridized carbons (Fsp3) is 0. The highest BCUT2D eigenvalue weighted by atomic mass is 79.9. The van der Waals surface area contributed by atoms with Crippen molar-refractivity contribution in [3.8, 4) is 0 Å². The van der Waals surface area contributed by atoms with E-state index in [9.17, 15) is 0 Å². The molecule has 5 aromatic rings. The average molecular weight is 336 g/mol. The summed E-state index contributed by atoms with van der Waals surface area (Å²) in [6.07, 6.45) is 0. The van der Waals surface area contributed by atoms with Crippen molar-refractivity contribution in [2.24, 2.45) is 0 Å². The van der Waals surface area contributed by atoms with E-state index in [0.717, 1.165) is 37.4 Å². The SMILES string of the molecule is Brc1ccc2oc3c(ccc4c5ccccc5[nH]c43)c2c1. The number of hydrogen-bond donors (Lipinski definition) is 1. The number of aromatic nitrogens is 1. The van der Waals surface area contributed by atoms with Gasteiger partial charge >= 0.3 is 0 Å². The van der Waals surface area contributed by atoms with Crippen LogP contribution in [0.15, 0.2) is 63.5 Å². The molecule has 0 aliphatic rings. The van der Waals surface area contributed by atoms with E-state index in [0.29, 0.717) is 0 Å². The van der Waals surface area contributed by atoms with Gasteiger partial charge in [0, 0.05) is 31.5 Å². The molecule has 2 nitrogen and oxygen atoms in total. The average Bonchev–Trinajstić information content (AvgIpc) is 3.05. The van der Waals surface area contributed by atoms with Gasteiger partial charge in [0.2, 0.25) is 0 Å². The Hall–Kier alpha value is -2.26. The van der Waals surface area contributed by atoms with Crippen molar-refractivity contribution in [3.63, 3.8) is 0 Å². The first kappa shape index (κ1) is 11.4. The third kappa shape index (κ3) is 1.47. The number of halogens is 1. The summed E-state index contributed by atoms with van der Waals surface area (Å²) in [6.45, 7) is 0. The molecule has 0 amide bonds. The van der Waals surface area contributed by atoms with Crippen LogP contribution in [-0.4, -0.2) is 4.98 Å². The number of nitrogens with one attached hydrogen (secondary N) is 1. The minimum absolute atomic E-state index is 0.916. The highest BCUT2D eigenvalue weighted by Crippen LogP contribution is 2.37. The van der Waals surface area contributed by atoms with Gasteiger partial charge in [-0.05, 0) is 30.3 Å². The molecule has 3 heteroatoms. The quantitative estimate of drug-likeness (QED) is 0.370. The van der Waals surface area contributed by atoms with Gasteiger partial charge in [-0.3, -0.25) is 0 Å². The Labute approximate surface area is 128 Å². The lowest BCUT2D eigenvalue weighted by Crippen LogP contribution is -1.70. The van der Waals surface area contributed by atoms with Gasteiger partial charge in [0.05, 0.1) is 5.52 Å². The summed E-state index contributed by atoms with van der Waals surface area (Å²) in [5.74, 6) is 0. The second kappa shape index (κ2) is 3.89. The van der Waals surface area contributed by atoms with Crippen molar-refractivity contribution >= 4 is 59.7 Å². The third-order valence-corrected chi connectivity index (χ3v) is 4.57. The van der Waals surface area contributed by atoms with Crippen LogP contribution in [-0.2, 0) is 0 Å². The zero-order valence-corrected chi connectivity index (χ0v) is 12.6. The molecule has 1 N–H and O–H groups in total.